The van der Waals surface area contributed by atoms with E-state index in [1.807, 2.05) is 17.8 Å². The summed E-state index contributed by atoms with van der Waals surface area (Å²) in [5, 5.41) is 2.00. The van der Waals surface area contributed by atoms with Gasteiger partial charge in [-0.05, 0) is 20.8 Å². The van der Waals surface area contributed by atoms with Crippen LogP contribution in [-0.4, -0.2) is 0 Å². The molecule has 0 fully saturated rings. The molecule has 1 aromatic carbocycles. The highest BCUT2D eigenvalue weighted by Crippen LogP contribution is 2.06. The van der Waals surface area contributed by atoms with Gasteiger partial charge < -0.3 is 0 Å². The summed E-state index contributed by atoms with van der Waals surface area (Å²) in [6.45, 7) is 8.34. The maximum Gasteiger partial charge on any atom is 0.254 e. The molecule has 1 heterocycles. The first-order valence-electron chi connectivity index (χ1n) is 5.23. The van der Waals surface area contributed by atoms with Crippen molar-refractivity contribution in [3.8, 4) is 0 Å². The lowest BCUT2D eigenvalue weighted by atomic mass is 10.1. The molecule has 0 bridgehead atoms. The fourth-order valence-corrected chi connectivity index (χ4v) is 2.22. The van der Waals surface area contributed by atoms with Crippen molar-refractivity contribution in [3.05, 3.63) is 51.5 Å². The second-order valence-electron chi connectivity index (χ2n) is 4.07. The Kier molecular flexibility index (Phi) is 4.50. The normalized spacial score (nSPS) is 9.50. The van der Waals surface area contributed by atoms with Crippen LogP contribution in [0.4, 0.5) is 0 Å². The molecule has 0 atom stereocenters. The van der Waals surface area contributed by atoms with Crippen LogP contribution in [0.25, 0.3) is 0 Å². The molecule has 0 radical (unpaired) electrons. The van der Waals surface area contributed by atoms with Crippen LogP contribution in [0.1, 0.15) is 22.4 Å². The van der Waals surface area contributed by atoms with E-state index in [1.165, 1.54) is 16.7 Å². The zero-order chi connectivity index (χ0) is 12.1. The molecule has 0 aliphatic rings. The summed E-state index contributed by atoms with van der Waals surface area (Å²) < 4.78 is 1.60. The number of nitrogens with zero attached hydrogens (tertiary/aromatic N) is 1. The van der Waals surface area contributed by atoms with Crippen LogP contribution in [0, 0.1) is 27.7 Å². The maximum atomic E-state index is 5.37. The monoisotopic (exact) mass is 235 g/mol. The van der Waals surface area contributed by atoms with Crippen molar-refractivity contribution < 1.29 is 4.68 Å². The molecule has 0 amide bonds. The van der Waals surface area contributed by atoms with E-state index in [-0.39, 0.29) is 0 Å². The molecule has 2 nitrogen and oxygen atoms in total. The molecular formula is C13H19N2S+. The molecule has 2 aromatic rings. The lowest BCUT2D eigenvalue weighted by Crippen LogP contribution is -2.44. The van der Waals surface area contributed by atoms with Crippen molar-refractivity contribution in [1.82, 2.24) is 0 Å². The van der Waals surface area contributed by atoms with Crippen molar-refractivity contribution in [3.63, 3.8) is 0 Å². The van der Waals surface area contributed by atoms with E-state index < -0.39 is 0 Å². The van der Waals surface area contributed by atoms with Gasteiger partial charge in [0, 0.05) is 6.92 Å². The first-order valence-corrected chi connectivity index (χ1v) is 6.17. The summed E-state index contributed by atoms with van der Waals surface area (Å²) in [4.78, 5) is 0. The molecule has 3 heteroatoms. The fraction of sp³-hybridized carbons (Fsp3) is 0.308. The molecule has 16 heavy (non-hydrogen) atoms. The Morgan fingerprint density at radius 3 is 1.56 bits per heavy atom. The number of thiazole rings is 1. The van der Waals surface area contributed by atoms with Crippen molar-refractivity contribution in [1.29, 1.82) is 0 Å². The number of hydrogen-bond donors (Lipinski definition) is 1. The van der Waals surface area contributed by atoms with E-state index in [2.05, 4.69) is 39.0 Å². The van der Waals surface area contributed by atoms with Crippen molar-refractivity contribution in [2.75, 3.05) is 5.84 Å². The molecule has 0 saturated carbocycles. The lowest BCUT2D eigenvalue weighted by molar-refractivity contribution is -0.640. The van der Waals surface area contributed by atoms with E-state index in [1.54, 1.807) is 16.0 Å². The van der Waals surface area contributed by atoms with Gasteiger partial charge in [-0.25, -0.2) is 5.84 Å². The molecule has 0 aliphatic heterocycles. The third-order valence-corrected chi connectivity index (χ3v) is 3.01. The topological polar surface area (TPSA) is 29.9 Å². The lowest BCUT2D eigenvalue weighted by Gasteiger charge is -1.96. The number of aromatic nitrogens is 1. The SMILES string of the molecule is Cc1cc(C)cc(C)c1.Cc1csc[n+]1N. The number of rotatable bonds is 0. The van der Waals surface area contributed by atoms with Gasteiger partial charge >= 0.3 is 0 Å². The summed E-state index contributed by atoms with van der Waals surface area (Å²) in [5.41, 5.74) is 7.02. The molecule has 86 valence electrons. The Bertz CT molecular complexity index is 394. The van der Waals surface area contributed by atoms with Crippen LogP contribution in [0.3, 0.4) is 0 Å². The highest BCUT2D eigenvalue weighted by atomic mass is 32.1. The Morgan fingerprint density at radius 2 is 1.38 bits per heavy atom. The van der Waals surface area contributed by atoms with E-state index in [0.29, 0.717) is 0 Å². The van der Waals surface area contributed by atoms with E-state index in [0.717, 1.165) is 5.69 Å². The van der Waals surface area contributed by atoms with Crippen LogP contribution >= 0.6 is 11.3 Å². The van der Waals surface area contributed by atoms with Crippen LogP contribution in [0.15, 0.2) is 29.1 Å². The summed E-state index contributed by atoms with van der Waals surface area (Å²) in [6.07, 6.45) is 0. The predicted octanol–water partition coefficient (Wildman–Crippen LogP) is 2.67. The van der Waals surface area contributed by atoms with Crippen molar-refractivity contribution in [2.24, 2.45) is 0 Å². The Labute approximate surface area is 101 Å². The first-order chi connectivity index (χ1) is 7.49. The molecule has 0 aliphatic carbocycles. The quantitative estimate of drug-likeness (QED) is 0.552. The van der Waals surface area contributed by atoms with E-state index in [9.17, 15) is 0 Å². The highest BCUT2D eigenvalue weighted by Gasteiger charge is 1.97. The number of hydrogen-bond acceptors (Lipinski definition) is 2. The first kappa shape index (κ1) is 12.7. The van der Waals surface area contributed by atoms with Gasteiger partial charge in [0.1, 0.15) is 0 Å². The maximum absolute atomic E-state index is 5.37. The minimum absolute atomic E-state index is 1.10. The van der Waals surface area contributed by atoms with Gasteiger partial charge in [0.25, 0.3) is 5.51 Å². The fourth-order valence-electron chi connectivity index (χ4n) is 1.54. The molecule has 0 unspecified atom stereocenters. The second kappa shape index (κ2) is 5.66. The Balaban J connectivity index is 0.000000165. The van der Waals surface area contributed by atoms with Crippen LogP contribution in [-0.2, 0) is 0 Å². The second-order valence-corrected chi connectivity index (χ2v) is 4.79. The van der Waals surface area contributed by atoms with Gasteiger partial charge in [-0.3, -0.25) is 0 Å². The van der Waals surface area contributed by atoms with Crippen LogP contribution < -0.4 is 10.5 Å². The Morgan fingerprint density at radius 1 is 0.938 bits per heavy atom. The zero-order valence-corrected chi connectivity index (χ0v) is 11.1. The standard InChI is InChI=1S/C9H12.C4H7N2S/c1-7-4-8(2)6-9(3)5-7;1-4-2-7-3-6(4)5/h4-6H,1-3H3;2-3H,5H2,1H3/q;+1. The Hall–Kier alpha value is -1.35. The minimum atomic E-state index is 1.10. The molecule has 2 N–H and O–H groups in total. The van der Waals surface area contributed by atoms with Crippen LogP contribution in [0.5, 0.6) is 0 Å². The number of nitrogens with two attached hydrogens (primary N) is 1. The molecule has 0 saturated heterocycles. The van der Waals surface area contributed by atoms with Gasteiger partial charge in [0.05, 0.1) is 5.38 Å². The van der Waals surface area contributed by atoms with Gasteiger partial charge in [0.15, 0.2) is 0 Å². The summed E-state index contributed by atoms with van der Waals surface area (Å²) in [5.74, 6) is 5.37. The van der Waals surface area contributed by atoms with Gasteiger partial charge in [-0.1, -0.05) is 50.9 Å². The zero-order valence-electron chi connectivity index (χ0n) is 10.3. The number of nitrogen functional groups attached to an aromatic ring is 1. The smallest absolute Gasteiger partial charge is 0.204 e. The molecular weight excluding hydrogens is 216 g/mol. The summed E-state index contributed by atoms with van der Waals surface area (Å²) in [7, 11) is 0. The van der Waals surface area contributed by atoms with Gasteiger partial charge in [-0.2, -0.15) is 0 Å². The largest absolute Gasteiger partial charge is 0.254 e. The van der Waals surface area contributed by atoms with E-state index >= 15 is 0 Å². The average molecular weight is 235 g/mol. The minimum Gasteiger partial charge on any atom is -0.204 e. The molecule has 0 spiro atoms. The number of benzene rings is 1. The third-order valence-electron chi connectivity index (χ3n) is 2.19. The van der Waals surface area contributed by atoms with Gasteiger partial charge in [0.2, 0.25) is 5.69 Å². The summed E-state index contributed by atoms with van der Waals surface area (Å²) in [6, 6.07) is 6.56. The van der Waals surface area contributed by atoms with Crippen LogP contribution in [0.2, 0.25) is 0 Å². The van der Waals surface area contributed by atoms with E-state index in [4.69, 9.17) is 5.84 Å². The van der Waals surface area contributed by atoms with Crippen molar-refractivity contribution >= 4 is 11.3 Å². The summed E-state index contributed by atoms with van der Waals surface area (Å²) >= 11 is 1.60. The molecule has 1 aromatic heterocycles. The third kappa shape index (κ3) is 4.03. The molecule has 2 rings (SSSR count). The predicted molar refractivity (Wildman–Crippen MR) is 70.1 cm³/mol. The van der Waals surface area contributed by atoms with Gasteiger partial charge in [-0.15, -0.1) is 0 Å². The highest BCUT2D eigenvalue weighted by molar-refractivity contribution is 7.07. The van der Waals surface area contributed by atoms with Crippen molar-refractivity contribution in [2.45, 2.75) is 27.7 Å². The average Bonchev–Trinajstić information content (AvgIpc) is 2.49. The number of aryl methyl sites for hydroxylation is 4.